The molecule has 2 N–H and O–H groups in total. The number of anilines is 1. The Morgan fingerprint density at radius 3 is 2.88 bits per heavy atom. The van der Waals surface area contributed by atoms with Crippen LogP contribution in [0.2, 0.25) is 5.02 Å². The number of nitrogens with two attached hydrogens (primary N) is 1. The Hall–Kier alpha value is -0.380. The van der Waals surface area contributed by atoms with Gasteiger partial charge in [0.2, 0.25) is 0 Å². The molecule has 0 aliphatic carbocycles. The fourth-order valence-electron chi connectivity index (χ4n) is 1.76. The topological polar surface area (TPSA) is 35.2 Å². The highest BCUT2D eigenvalue weighted by molar-refractivity contribution is 7.99. The van der Waals surface area contributed by atoms with Gasteiger partial charge in [0.05, 0.1) is 0 Å². The Morgan fingerprint density at radius 1 is 1.38 bits per heavy atom. The van der Waals surface area contributed by atoms with Crippen molar-refractivity contribution >= 4 is 29.1 Å². The van der Waals surface area contributed by atoms with Crippen LogP contribution in [0.5, 0.6) is 0 Å². The summed E-state index contributed by atoms with van der Waals surface area (Å²) in [6.45, 7) is 1.78. The molecule has 1 saturated heterocycles. The van der Waals surface area contributed by atoms with Gasteiger partial charge < -0.3 is 10.5 Å². The smallest absolute Gasteiger partial charge is 0.0476 e. The van der Waals surface area contributed by atoms with Crippen molar-refractivity contribution in [3.63, 3.8) is 0 Å². The van der Waals surface area contributed by atoms with Crippen LogP contribution < -0.4 is 5.73 Å². The van der Waals surface area contributed by atoms with Crippen molar-refractivity contribution in [2.45, 2.75) is 23.8 Å². The van der Waals surface area contributed by atoms with Crippen molar-refractivity contribution < 1.29 is 4.74 Å². The molecule has 1 aromatic carbocycles. The lowest BCUT2D eigenvalue weighted by Gasteiger charge is -2.21. The number of rotatable bonds is 3. The minimum absolute atomic E-state index is 0.700. The Balaban J connectivity index is 1.90. The molecule has 0 bridgehead atoms. The average Bonchev–Trinajstić information content (AvgIpc) is 2.32. The van der Waals surface area contributed by atoms with E-state index >= 15 is 0 Å². The van der Waals surface area contributed by atoms with Gasteiger partial charge in [-0.3, -0.25) is 0 Å². The minimum Gasteiger partial charge on any atom is -0.399 e. The van der Waals surface area contributed by atoms with E-state index in [1.165, 1.54) is 0 Å². The largest absolute Gasteiger partial charge is 0.399 e. The first kappa shape index (κ1) is 12.1. The lowest BCUT2D eigenvalue weighted by molar-refractivity contribution is 0.1000. The van der Waals surface area contributed by atoms with Crippen LogP contribution in [-0.4, -0.2) is 18.5 Å². The first-order chi connectivity index (χ1) is 7.75. The average molecular weight is 258 g/mol. The summed E-state index contributed by atoms with van der Waals surface area (Å²) in [4.78, 5) is 0. The molecule has 0 aromatic heterocycles. The maximum absolute atomic E-state index is 6.12. The van der Waals surface area contributed by atoms with Crippen molar-refractivity contribution in [2.75, 3.05) is 18.9 Å². The fraction of sp³-hybridized carbons (Fsp3) is 0.500. The van der Waals surface area contributed by atoms with E-state index in [1.54, 1.807) is 0 Å². The summed E-state index contributed by atoms with van der Waals surface area (Å²) in [6, 6.07) is 5.68. The third-order valence-corrected chi connectivity index (χ3v) is 4.50. The summed E-state index contributed by atoms with van der Waals surface area (Å²) in [5.41, 5.74) is 7.67. The molecule has 0 amide bonds. The molecule has 1 aromatic rings. The van der Waals surface area contributed by atoms with Crippen molar-refractivity contribution in [3.8, 4) is 0 Å². The monoisotopic (exact) mass is 257 g/mol. The molecule has 16 heavy (non-hydrogen) atoms. The fourth-order valence-corrected chi connectivity index (χ4v) is 3.20. The first-order valence-corrected chi connectivity index (χ1v) is 6.91. The zero-order valence-electron chi connectivity index (χ0n) is 9.12. The SMILES string of the molecule is Nc1ccc(Cl)c(CSC2CCOCC2)c1. The van der Waals surface area contributed by atoms with Gasteiger partial charge in [-0.25, -0.2) is 0 Å². The van der Waals surface area contributed by atoms with E-state index < -0.39 is 0 Å². The standard InChI is InChI=1S/C12H16ClNOS/c13-12-2-1-10(14)7-9(12)8-16-11-3-5-15-6-4-11/h1-2,7,11H,3-6,8,14H2. The summed E-state index contributed by atoms with van der Waals surface area (Å²) in [7, 11) is 0. The number of ether oxygens (including phenoxy) is 1. The van der Waals surface area contributed by atoms with Gasteiger partial charge in [-0.1, -0.05) is 11.6 Å². The minimum atomic E-state index is 0.700. The van der Waals surface area contributed by atoms with E-state index in [2.05, 4.69) is 0 Å². The van der Waals surface area contributed by atoms with Crippen molar-refractivity contribution in [2.24, 2.45) is 0 Å². The van der Waals surface area contributed by atoms with Crippen LogP contribution in [0.15, 0.2) is 18.2 Å². The number of hydrogen-bond donors (Lipinski definition) is 1. The van der Waals surface area contributed by atoms with Gasteiger partial charge >= 0.3 is 0 Å². The molecule has 0 radical (unpaired) electrons. The predicted octanol–water partition coefficient (Wildman–Crippen LogP) is 3.33. The van der Waals surface area contributed by atoms with Crippen molar-refractivity contribution in [1.29, 1.82) is 0 Å². The van der Waals surface area contributed by atoms with Crippen LogP contribution in [0, 0.1) is 0 Å². The summed E-state index contributed by atoms with van der Waals surface area (Å²) in [6.07, 6.45) is 2.29. The summed E-state index contributed by atoms with van der Waals surface area (Å²) < 4.78 is 5.34. The van der Waals surface area contributed by atoms with Crippen molar-refractivity contribution in [1.82, 2.24) is 0 Å². The lowest BCUT2D eigenvalue weighted by Crippen LogP contribution is -2.17. The van der Waals surface area contributed by atoms with Crippen LogP contribution in [0.3, 0.4) is 0 Å². The highest BCUT2D eigenvalue weighted by Gasteiger charge is 2.14. The van der Waals surface area contributed by atoms with E-state index in [-0.39, 0.29) is 0 Å². The van der Waals surface area contributed by atoms with Gasteiger partial charge in [0.1, 0.15) is 0 Å². The number of halogens is 1. The zero-order valence-corrected chi connectivity index (χ0v) is 10.7. The molecule has 4 heteroatoms. The first-order valence-electron chi connectivity index (χ1n) is 5.49. The second-order valence-corrected chi connectivity index (χ2v) is 5.67. The maximum Gasteiger partial charge on any atom is 0.0476 e. The maximum atomic E-state index is 6.12. The van der Waals surface area contributed by atoms with E-state index in [9.17, 15) is 0 Å². The lowest BCUT2D eigenvalue weighted by atomic mass is 10.2. The van der Waals surface area contributed by atoms with Gasteiger partial charge in [-0.05, 0) is 36.6 Å². The highest BCUT2D eigenvalue weighted by Crippen LogP contribution is 2.29. The van der Waals surface area contributed by atoms with Crippen LogP contribution in [0.4, 0.5) is 5.69 Å². The Morgan fingerprint density at radius 2 is 2.12 bits per heavy atom. The van der Waals surface area contributed by atoms with Crippen LogP contribution in [-0.2, 0) is 10.5 Å². The van der Waals surface area contributed by atoms with Crippen LogP contribution in [0.1, 0.15) is 18.4 Å². The second-order valence-electron chi connectivity index (χ2n) is 3.97. The van der Waals surface area contributed by atoms with E-state index in [1.807, 2.05) is 30.0 Å². The number of hydrogen-bond acceptors (Lipinski definition) is 3. The number of benzene rings is 1. The molecule has 1 fully saturated rings. The molecule has 0 saturated carbocycles. The van der Waals surface area contributed by atoms with Crippen molar-refractivity contribution in [3.05, 3.63) is 28.8 Å². The zero-order chi connectivity index (χ0) is 11.4. The van der Waals surface area contributed by atoms with Gasteiger partial charge in [0.25, 0.3) is 0 Å². The quantitative estimate of drug-likeness (QED) is 0.844. The predicted molar refractivity (Wildman–Crippen MR) is 71.0 cm³/mol. The third kappa shape index (κ3) is 3.30. The summed E-state index contributed by atoms with van der Waals surface area (Å²) >= 11 is 8.07. The molecule has 0 unspecified atom stereocenters. The number of thioether (sulfide) groups is 1. The molecule has 0 atom stereocenters. The normalized spacial score (nSPS) is 17.6. The highest BCUT2D eigenvalue weighted by atomic mass is 35.5. The van der Waals surface area contributed by atoms with E-state index in [4.69, 9.17) is 22.1 Å². The van der Waals surface area contributed by atoms with Gasteiger partial charge in [0.15, 0.2) is 0 Å². The van der Waals surface area contributed by atoms with Gasteiger partial charge in [-0.15, -0.1) is 0 Å². The number of nitrogen functional groups attached to an aromatic ring is 1. The molecule has 2 rings (SSSR count). The molecule has 88 valence electrons. The molecule has 2 nitrogen and oxygen atoms in total. The molecular weight excluding hydrogens is 242 g/mol. The third-order valence-electron chi connectivity index (χ3n) is 2.71. The molecule has 0 spiro atoms. The molecule has 1 aliphatic heterocycles. The van der Waals surface area contributed by atoms with E-state index in [0.717, 1.165) is 48.1 Å². The summed E-state index contributed by atoms with van der Waals surface area (Å²) in [5, 5.41) is 1.51. The van der Waals surface area contributed by atoms with Crippen LogP contribution in [0.25, 0.3) is 0 Å². The van der Waals surface area contributed by atoms with E-state index in [0.29, 0.717) is 5.25 Å². The molecular formula is C12H16ClNOS. The molecule has 1 aliphatic rings. The van der Waals surface area contributed by atoms with Gasteiger partial charge in [0, 0.05) is 34.9 Å². The Bertz CT molecular complexity index is 353. The van der Waals surface area contributed by atoms with Crippen LogP contribution >= 0.6 is 23.4 Å². The summed E-state index contributed by atoms with van der Waals surface area (Å²) in [5.74, 6) is 0.939. The van der Waals surface area contributed by atoms with Gasteiger partial charge in [-0.2, -0.15) is 11.8 Å². The Kier molecular flexibility index (Phi) is 4.38. The second kappa shape index (κ2) is 5.80. The Labute approximate surface area is 105 Å². The molecule has 1 heterocycles.